The first kappa shape index (κ1) is 18.9. The highest BCUT2D eigenvalue weighted by atomic mass is 36.0. The fraction of sp³-hybridized carbons (Fsp3) is 1.00. The summed E-state index contributed by atoms with van der Waals surface area (Å²) in [5.41, 5.74) is -0.272. The second-order valence-corrected chi connectivity index (χ2v) is 14.7. The van der Waals surface area contributed by atoms with Crippen molar-refractivity contribution in [3.8, 4) is 0 Å². The zero-order valence-electron chi connectivity index (χ0n) is 6.85. The monoisotopic (exact) mass is 376 g/mol. The van der Waals surface area contributed by atoms with Gasteiger partial charge < -0.3 is 0 Å². The minimum absolute atomic E-state index is 0.272. The van der Waals surface area contributed by atoms with Crippen LogP contribution in [0.5, 0.6) is 0 Å². The number of halogens is 8. The SMILES string of the molecule is ClCC(CCl)(CCl)CCl.Cl[Si](Cl)(Cl)Cl. The van der Waals surface area contributed by atoms with Gasteiger partial charge in [0.15, 0.2) is 0 Å². The normalized spacial score (nSPS) is 12.0. The molecule has 88 valence electrons. The van der Waals surface area contributed by atoms with Crippen molar-refractivity contribution in [2.75, 3.05) is 23.5 Å². The van der Waals surface area contributed by atoms with Crippen LogP contribution in [-0.2, 0) is 0 Å². The lowest BCUT2D eigenvalue weighted by atomic mass is 9.99. The van der Waals surface area contributed by atoms with Gasteiger partial charge in [-0.15, -0.1) is 90.7 Å². The Morgan fingerprint density at radius 2 is 0.786 bits per heavy atom. The van der Waals surface area contributed by atoms with Crippen LogP contribution in [0.1, 0.15) is 0 Å². The topological polar surface area (TPSA) is 0 Å². The molecule has 0 unspecified atom stereocenters. The van der Waals surface area contributed by atoms with Crippen LogP contribution < -0.4 is 0 Å². The Morgan fingerprint density at radius 1 is 0.643 bits per heavy atom. The highest BCUT2D eigenvalue weighted by molar-refractivity contribution is 7.81. The van der Waals surface area contributed by atoms with E-state index in [2.05, 4.69) is 0 Å². The molecule has 0 N–H and O–H groups in total. The number of rotatable bonds is 4. The third-order valence-corrected chi connectivity index (χ3v) is 3.40. The van der Waals surface area contributed by atoms with Crippen LogP contribution >= 0.6 is 90.7 Å². The highest BCUT2D eigenvalue weighted by Crippen LogP contribution is 2.24. The molecule has 9 heteroatoms. The zero-order valence-corrected chi connectivity index (χ0v) is 13.9. The lowest BCUT2D eigenvalue weighted by Gasteiger charge is -2.22. The van der Waals surface area contributed by atoms with E-state index in [1.807, 2.05) is 0 Å². The summed E-state index contributed by atoms with van der Waals surface area (Å²) in [6.07, 6.45) is 0. The van der Waals surface area contributed by atoms with Crippen LogP contribution in [0.3, 0.4) is 0 Å². The molecular weight excluding hydrogens is 372 g/mol. The molecule has 0 radical (unpaired) electrons. The Morgan fingerprint density at radius 3 is 0.786 bits per heavy atom. The summed E-state index contributed by atoms with van der Waals surface area (Å²) in [5.74, 6) is 1.68. The largest absolute Gasteiger partial charge is 0.440 e. The standard InChI is InChI=1S/C5H8Cl4.Cl4Si/c6-1-5(2-7,3-8)4-9;1-5(2,3)4/h1-4H2;. The van der Waals surface area contributed by atoms with Gasteiger partial charge in [0.1, 0.15) is 0 Å². The Labute approximate surface area is 124 Å². The van der Waals surface area contributed by atoms with Crippen LogP contribution in [0.4, 0.5) is 0 Å². The summed E-state index contributed by atoms with van der Waals surface area (Å²) >= 11 is 42.1. The molecule has 0 spiro atoms. The Balaban J connectivity index is 0. The van der Waals surface area contributed by atoms with Gasteiger partial charge in [0.05, 0.1) is 0 Å². The molecule has 14 heavy (non-hydrogen) atoms. The third kappa shape index (κ3) is 12.6. The van der Waals surface area contributed by atoms with E-state index in [-0.39, 0.29) is 5.41 Å². The van der Waals surface area contributed by atoms with Crippen LogP contribution in [0.2, 0.25) is 0 Å². The van der Waals surface area contributed by atoms with Crippen molar-refractivity contribution in [2.24, 2.45) is 5.41 Å². The fourth-order valence-electron chi connectivity index (χ4n) is 0.214. The molecule has 0 nitrogen and oxygen atoms in total. The number of hydrogen-bond acceptors (Lipinski definition) is 0. The van der Waals surface area contributed by atoms with Crippen molar-refractivity contribution in [1.29, 1.82) is 0 Å². The van der Waals surface area contributed by atoms with Crippen molar-refractivity contribution < 1.29 is 0 Å². The first-order chi connectivity index (χ1) is 6.24. The van der Waals surface area contributed by atoms with Crippen LogP contribution in [0.25, 0.3) is 0 Å². The summed E-state index contributed by atoms with van der Waals surface area (Å²) in [6.45, 7) is 0. The van der Waals surface area contributed by atoms with E-state index >= 15 is 0 Å². The molecule has 0 heterocycles. The molecule has 0 bridgehead atoms. The predicted octanol–water partition coefficient (Wildman–Crippen LogP) is 5.31. The van der Waals surface area contributed by atoms with Crippen molar-refractivity contribution in [1.82, 2.24) is 0 Å². The molecule has 0 aromatic rings. The molecule has 0 saturated carbocycles. The zero-order chi connectivity index (χ0) is 11.8. The third-order valence-electron chi connectivity index (χ3n) is 1.13. The van der Waals surface area contributed by atoms with Gasteiger partial charge in [-0.3, -0.25) is 0 Å². The second-order valence-electron chi connectivity index (χ2n) is 2.46. The molecule has 0 amide bonds. The summed E-state index contributed by atoms with van der Waals surface area (Å²) in [4.78, 5) is 0. The molecule has 0 aliphatic heterocycles. The molecule has 0 fully saturated rings. The van der Waals surface area contributed by atoms with Gasteiger partial charge >= 0.3 is 5.31 Å². The Kier molecular flexibility index (Phi) is 12.9. The Hall–Kier alpha value is 2.54. The predicted molar refractivity (Wildman–Crippen MR) is 74.5 cm³/mol. The maximum atomic E-state index is 5.57. The first-order valence-electron chi connectivity index (χ1n) is 3.24. The maximum Gasteiger partial charge on any atom is 0.440 e. The summed E-state index contributed by atoms with van der Waals surface area (Å²) in [7, 11) is 0. The second kappa shape index (κ2) is 9.56. The van der Waals surface area contributed by atoms with E-state index in [1.54, 1.807) is 0 Å². The van der Waals surface area contributed by atoms with Crippen molar-refractivity contribution in [3.05, 3.63) is 0 Å². The molecule has 0 saturated heterocycles. The van der Waals surface area contributed by atoms with Gasteiger partial charge in [-0.1, -0.05) is 0 Å². The van der Waals surface area contributed by atoms with Crippen LogP contribution in [0, 0.1) is 5.41 Å². The van der Waals surface area contributed by atoms with Crippen molar-refractivity contribution in [2.45, 2.75) is 0 Å². The van der Waals surface area contributed by atoms with Crippen molar-refractivity contribution in [3.63, 3.8) is 0 Å². The van der Waals surface area contributed by atoms with Gasteiger partial charge in [0.2, 0.25) is 0 Å². The average Bonchev–Trinajstić information content (AvgIpc) is 2.07. The minimum Gasteiger partial charge on any atom is -0.126 e. The molecule has 0 aliphatic carbocycles. The quantitative estimate of drug-likeness (QED) is 0.353. The average molecular weight is 380 g/mol. The molecule has 0 rings (SSSR count). The van der Waals surface area contributed by atoms with Crippen LogP contribution in [-0.4, -0.2) is 28.8 Å². The lowest BCUT2D eigenvalue weighted by Crippen LogP contribution is -2.29. The first-order valence-corrected chi connectivity index (χ1v) is 11.4. The number of alkyl halides is 4. The Bertz CT molecular complexity index is 107. The summed E-state index contributed by atoms with van der Waals surface area (Å²) in [6, 6.07) is 0. The van der Waals surface area contributed by atoms with Gasteiger partial charge in [-0.2, -0.15) is 0 Å². The summed E-state index contributed by atoms with van der Waals surface area (Å²) in [5, 5.41) is -2.72. The molecular formula is C5H8Cl8Si. The van der Waals surface area contributed by atoms with Crippen molar-refractivity contribution >= 4 is 96.0 Å². The molecule has 0 aromatic carbocycles. The molecule has 0 aliphatic rings. The van der Waals surface area contributed by atoms with E-state index in [9.17, 15) is 0 Å². The lowest BCUT2D eigenvalue weighted by molar-refractivity contribution is 0.500. The highest BCUT2D eigenvalue weighted by Gasteiger charge is 2.25. The van der Waals surface area contributed by atoms with Gasteiger partial charge in [-0.05, 0) is 0 Å². The van der Waals surface area contributed by atoms with E-state index in [0.717, 1.165) is 0 Å². The minimum atomic E-state index is -2.72. The van der Waals surface area contributed by atoms with E-state index in [1.165, 1.54) is 0 Å². The van der Waals surface area contributed by atoms with Gasteiger partial charge in [0.25, 0.3) is 0 Å². The van der Waals surface area contributed by atoms with E-state index in [4.69, 9.17) is 90.7 Å². The van der Waals surface area contributed by atoms with E-state index in [0.29, 0.717) is 23.5 Å². The maximum absolute atomic E-state index is 5.57. The molecule has 0 atom stereocenters. The fourth-order valence-corrected chi connectivity index (χ4v) is 1.93. The smallest absolute Gasteiger partial charge is 0.126 e. The van der Waals surface area contributed by atoms with E-state index < -0.39 is 5.31 Å². The summed E-state index contributed by atoms with van der Waals surface area (Å²) < 4.78 is 0. The molecule has 0 aromatic heterocycles. The van der Waals surface area contributed by atoms with Gasteiger partial charge in [-0.25, -0.2) is 0 Å². The van der Waals surface area contributed by atoms with Crippen LogP contribution in [0.15, 0.2) is 0 Å². The number of hydrogen-bond donors (Lipinski definition) is 0. The van der Waals surface area contributed by atoms with Gasteiger partial charge in [0, 0.05) is 28.9 Å².